The van der Waals surface area contributed by atoms with Crippen LogP contribution in [0.5, 0.6) is 0 Å². The summed E-state index contributed by atoms with van der Waals surface area (Å²) in [5.74, 6) is 0. The fourth-order valence-electron chi connectivity index (χ4n) is 3.10. The molecular formula is C14H27N3O. The minimum atomic E-state index is 0.0232. The molecule has 2 N–H and O–H groups in total. The van der Waals surface area contributed by atoms with Gasteiger partial charge in [0.25, 0.3) is 0 Å². The van der Waals surface area contributed by atoms with Crippen LogP contribution in [-0.4, -0.2) is 43.2 Å². The van der Waals surface area contributed by atoms with Crippen LogP contribution in [0.25, 0.3) is 0 Å². The third-order valence-corrected chi connectivity index (χ3v) is 4.75. The summed E-state index contributed by atoms with van der Waals surface area (Å²) < 4.78 is 0. The molecule has 104 valence electrons. The van der Waals surface area contributed by atoms with Crippen molar-refractivity contribution in [2.24, 2.45) is 0 Å². The maximum atomic E-state index is 11.9. The average molecular weight is 253 g/mol. The molecule has 0 aromatic heterocycles. The molecule has 2 rings (SSSR count). The van der Waals surface area contributed by atoms with Gasteiger partial charge in [-0.25, -0.2) is 4.79 Å². The van der Waals surface area contributed by atoms with Gasteiger partial charge in [0.2, 0.25) is 0 Å². The van der Waals surface area contributed by atoms with Crippen LogP contribution >= 0.6 is 0 Å². The summed E-state index contributed by atoms with van der Waals surface area (Å²) in [7, 11) is 4.22. The summed E-state index contributed by atoms with van der Waals surface area (Å²) in [6, 6.07) is 0.422. The lowest BCUT2D eigenvalue weighted by Crippen LogP contribution is -2.58. The highest BCUT2D eigenvalue weighted by Gasteiger charge is 2.39. The summed E-state index contributed by atoms with van der Waals surface area (Å²) in [6.07, 6.45) is 9.80. The lowest BCUT2D eigenvalue weighted by molar-refractivity contribution is 0.0623. The number of rotatable bonds is 4. The molecule has 2 fully saturated rings. The first-order valence-corrected chi connectivity index (χ1v) is 7.34. The van der Waals surface area contributed by atoms with Crippen molar-refractivity contribution in [1.29, 1.82) is 0 Å². The molecule has 0 unspecified atom stereocenters. The zero-order valence-corrected chi connectivity index (χ0v) is 11.8. The van der Waals surface area contributed by atoms with E-state index in [1.54, 1.807) is 0 Å². The van der Waals surface area contributed by atoms with E-state index in [4.69, 9.17) is 0 Å². The van der Waals surface area contributed by atoms with Gasteiger partial charge in [-0.2, -0.15) is 0 Å². The topological polar surface area (TPSA) is 44.4 Å². The number of nitrogens with zero attached hydrogens (tertiary/aromatic N) is 1. The fraction of sp³-hybridized carbons (Fsp3) is 0.929. The first-order valence-electron chi connectivity index (χ1n) is 7.34. The maximum Gasteiger partial charge on any atom is 0.315 e. The number of urea groups is 1. The van der Waals surface area contributed by atoms with E-state index in [1.807, 2.05) is 0 Å². The Balaban J connectivity index is 1.70. The van der Waals surface area contributed by atoms with E-state index < -0.39 is 0 Å². The van der Waals surface area contributed by atoms with Gasteiger partial charge in [-0.1, -0.05) is 19.3 Å². The standard InChI is InChI=1S/C14H27N3O/c1-17(2)14(9-6-10-14)11-15-13(18)16-12-7-4-3-5-8-12/h12H,3-11H2,1-2H3,(H2,15,16,18). The predicted molar refractivity (Wildman–Crippen MR) is 73.7 cm³/mol. The number of hydrogen-bond donors (Lipinski definition) is 2. The molecular weight excluding hydrogens is 226 g/mol. The number of hydrogen-bond acceptors (Lipinski definition) is 2. The molecule has 2 aliphatic carbocycles. The van der Waals surface area contributed by atoms with E-state index in [0.29, 0.717) is 6.04 Å². The average Bonchev–Trinajstić information content (AvgIpc) is 2.28. The maximum absolute atomic E-state index is 11.9. The lowest BCUT2D eigenvalue weighted by atomic mass is 9.75. The molecule has 0 radical (unpaired) electrons. The minimum absolute atomic E-state index is 0.0232. The van der Waals surface area contributed by atoms with Crippen molar-refractivity contribution in [2.45, 2.75) is 62.9 Å². The van der Waals surface area contributed by atoms with Gasteiger partial charge in [0.1, 0.15) is 0 Å². The van der Waals surface area contributed by atoms with Crippen molar-refractivity contribution in [2.75, 3.05) is 20.6 Å². The van der Waals surface area contributed by atoms with E-state index >= 15 is 0 Å². The van der Waals surface area contributed by atoms with Crippen molar-refractivity contribution in [3.05, 3.63) is 0 Å². The van der Waals surface area contributed by atoms with E-state index in [9.17, 15) is 4.79 Å². The number of amides is 2. The van der Waals surface area contributed by atoms with Crippen molar-refractivity contribution in [3.8, 4) is 0 Å². The summed E-state index contributed by atoms with van der Waals surface area (Å²) in [5.41, 5.74) is 0.212. The molecule has 0 aromatic carbocycles. The fourth-order valence-corrected chi connectivity index (χ4v) is 3.10. The van der Waals surface area contributed by atoms with Crippen LogP contribution in [0, 0.1) is 0 Å². The largest absolute Gasteiger partial charge is 0.336 e. The Morgan fingerprint density at radius 1 is 1.17 bits per heavy atom. The Hall–Kier alpha value is -0.770. The highest BCUT2D eigenvalue weighted by molar-refractivity contribution is 5.74. The highest BCUT2D eigenvalue weighted by Crippen LogP contribution is 2.35. The molecule has 0 aromatic rings. The number of carbonyl (C=O) groups is 1. The van der Waals surface area contributed by atoms with Crippen molar-refractivity contribution in [1.82, 2.24) is 15.5 Å². The minimum Gasteiger partial charge on any atom is -0.336 e. The van der Waals surface area contributed by atoms with Crippen LogP contribution < -0.4 is 10.6 Å². The van der Waals surface area contributed by atoms with Crippen LogP contribution in [0.2, 0.25) is 0 Å². The van der Waals surface area contributed by atoms with Crippen LogP contribution in [0.3, 0.4) is 0 Å². The number of likely N-dealkylation sites (N-methyl/N-ethyl adjacent to an activating group) is 1. The van der Waals surface area contributed by atoms with Gasteiger partial charge in [-0.05, 0) is 46.2 Å². The van der Waals surface area contributed by atoms with E-state index in [2.05, 4.69) is 29.6 Å². The first-order chi connectivity index (χ1) is 8.62. The zero-order valence-electron chi connectivity index (χ0n) is 11.8. The van der Waals surface area contributed by atoms with Crippen molar-refractivity contribution in [3.63, 3.8) is 0 Å². The van der Waals surface area contributed by atoms with Crippen molar-refractivity contribution < 1.29 is 4.79 Å². The third-order valence-electron chi connectivity index (χ3n) is 4.75. The van der Waals surface area contributed by atoms with Crippen LogP contribution in [-0.2, 0) is 0 Å². The van der Waals surface area contributed by atoms with E-state index in [0.717, 1.165) is 19.4 Å². The monoisotopic (exact) mass is 253 g/mol. The molecule has 2 amide bonds. The Kier molecular flexibility index (Phi) is 4.49. The molecule has 4 heteroatoms. The van der Waals surface area contributed by atoms with Crippen molar-refractivity contribution >= 4 is 6.03 Å². The Morgan fingerprint density at radius 3 is 2.33 bits per heavy atom. The SMILES string of the molecule is CN(C)C1(CNC(=O)NC2CCCCC2)CCC1. The van der Waals surface area contributed by atoms with Crippen LogP contribution in [0.1, 0.15) is 51.4 Å². The predicted octanol–water partition coefficient (Wildman–Crippen LogP) is 2.10. The van der Waals surface area contributed by atoms with Gasteiger partial charge in [-0.15, -0.1) is 0 Å². The van der Waals surface area contributed by atoms with Gasteiger partial charge < -0.3 is 15.5 Å². The second-order valence-electron chi connectivity index (χ2n) is 6.13. The van der Waals surface area contributed by atoms with Crippen LogP contribution in [0.4, 0.5) is 4.79 Å². The second kappa shape index (κ2) is 5.91. The quantitative estimate of drug-likeness (QED) is 0.806. The molecule has 2 saturated carbocycles. The Morgan fingerprint density at radius 2 is 1.83 bits per heavy atom. The molecule has 0 spiro atoms. The van der Waals surface area contributed by atoms with E-state index in [-0.39, 0.29) is 11.6 Å². The molecule has 2 aliphatic rings. The molecule has 0 atom stereocenters. The summed E-state index contributed by atoms with van der Waals surface area (Å²) in [6.45, 7) is 0.776. The molecule has 18 heavy (non-hydrogen) atoms. The highest BCUT2D eigenvalue weighted by atomic mass is 16.2. The first kappa shape index (κ1) is 13.7. The molecule has 0 saturated heterocycles. The zero-order chi connectivity index (χ0) is 13.0. The second-order valence-corrected chi connectivity index (χ2v) is 6.13. The van der Waals surface area contributed by atoms with Gasteiger partial charge >= 0.3 is 6.03 Å². The molecule has 4 nitrogen and oxygen atoms in total. The molecule has 0 heterocycles. The number of carbonyl (C=O) groups excluding carboxylic acids is 1. The smallest absolute Gasteiger partial charge is 0.315 e. The van der Waals surface area contributed by atoms with E-state index in [1.165, 1.54) is 38.5 Å². The normalized spacial score (nSPS) is 23.5. The third kappa shape index (κ3) is 3.16. The summed E-state index contributed by atoms with van der Waals surface area (Å²) >= 11 is 0. The van der Waals surface area contributed by atoms with Crippen LogP contribution in [0.15, 0.2) is 0 Å². The summed E-state index contributed by atoms with van der Waals surface area (Å²) in [5, 5.41) is 6.17. The van der Waals surface area contributed by atoms with Gasteiger partial charge in [0.05, 0.1) is 0 Å². The van der Waals surface area contributed by atoms with Gasteiger partial charge in [-0.3, -0.25) is 0 Å². The lowest BCUT2D eigenvalue weighted by Gasteiger charge is -2.47. The Labute approximate surface area is 110 Å². The molecule has 0 aliphatic heterocycles. The summed E-state index contributed by atoms with van der Waals surface area (Å²) in [4.78, 5) is 14.1. The Bertz CT molecular complexity index is 281. The molecule has 0 bridgehead atoms. The van der Waals surface area contributed by atoms with Gasteiger partial charge in [0, 0.05) is 18.1 Å². The number of nitrogens with one attached hydrogen (secondary N) is 2. The van der Waals surface area contributed by atoms with Gasteiger partial charge in [0.15, 0.2) is 0 Å².